The number of nitrogens with zero attached hydrogens (tertiary/aromatic N) is 3. The highest BCUT2D eigenvalue weighted by atomic mass is 16.1. The molecule has 0 radical (unpaired) electrons. The summed E-state index contributed by atoms with van der Waals surface area (Å²) in [5.74, 6) is -0.237. The third-order valence-corrected chi connectivity index (χ3v) is 3.14. The van der Waals surface area contributed by atoms with Gasteiger partial charge in [0.1, 0.15) is 5.69 Å². The molecular weight excluding hydrogens is 240 g/mol. The summed E-state index contributed by atoms with van der Waals surface area (Å²) in [5, 5.41) is 2.84. The Morgan fingerprint density at radius 2 is 2.11 bits per heavy atom. The molecule has 0 unspecified atom stereocenters. The molecule has 0 spiro atoms. The van der Waals surface area contributed by atoms with Gasteiger partial charge in [0.2, 0.25) is 0 Å². The second-order valence-electron chi connectivity index (χ2n) is 4.70. The van der Waals surface area contributed by atoms with Crippen molar-refractivity contribution in [3.63, 3.8) is 0 Å². The van der Waals surface area contributed by atoms with E-state index < -0.39 is 0 Å². The Labute approximate surface area is 111 Å². The molecule has 5 heteroatoms. The van der Waals surface area contributed by atoms with Crippen molar-refractivity contribution in [2.45, 2.75) is 13.1 Å². The Balaban J connectivity index is 1.78. The van der Waals surface area contributed by atoms with Crippen molar-refractivity contribution in [1.29, 1.82) is 0 Å². The first-order valence-corrected chi connectivity index (χ1v) is 6.10. The van der Waals surface area contributed by atoms with E-state index in [9.17, 15) is 4.79 Å². The van der Waals surface area contributed by atoms with Gasteiger partial charge in [-0.3, -0.25) is 14.7 Å². The second-order valence-corrected chi connectivity index (χ2v) is 4.70. The van der Waals surface area contributed by atoms with Crippen LogP contribution in [-0.2, 0) is 13.1 Å². The van der Waals surface area contributed by atoms with E-state index >= 15 is 0 Å². The van der Waals surface area contributed by atoms with Gasteiger partial charge in [-0.1, -0.05) is 6.07 Å². The summed E-state index contributed by atoms with van der Waals surface area (Å²) in [6.07, 6.45) is 4.51. The molecule has 1 N–H and O–H groups in total. The molecule has 96 valence electrons. The highest BCUT2D eigenvalue weighted by molar-refractivity contribution is 6.02. The fourth-order valence-electron chi connectivity index (χ4n) is 2.25. The Hall–Kier alpha value is -2.27. The SMILES string of the molecule is CN1Cc2ccc(NC(=O)c3cnccn3)cc2C1. The summed E-state index contributed by atoms with van der Waals surface area (Å²) < 4.78 is 0. The average molecular weight is 254 g/mol. The molecule has 3 rings (SSSR count). The molecule has 2 aromatic rings. The van der Waals surface area contributed by atoms with Crippen LogP contribution < -0.4 is 5.32 Å². The van der Waals surface area contributed by atoms with Crippen LogP contribution in [0.2, 0.25) is 0 Å². The molecule has 0 saturated heterocycles. The number of anilines is 1. The Morgan fingerprint density at radius 1 is 1.26 bits per heavy atom. The average Bonchev–Trinajstić information content (AvgIpc) is 2.79. The van der Waals surface area contributed by atoms with Crippen molar-refractivity contribution < 1.29 is 4.79 Å². The van der Waals surface area contributed by atoms with Crippen molar-refractivity contribution in [2.24, 2.45) is 0 Å². The number of rotatable bonds is 2. The standard InChI is InChI=1S/C14H14N4O/c1-18-8-10-2-3-12(6-11(10)9-18)17-14(19)13-7-15-4-5-16-13/h2-7H,8-9H2,1H3,(H,17,19). The summed E-state index contributed by atoms with van der Waals surface area (Å²) in [4.78, 5) is 22.1. The summed E-state index contributed by atoms with van der Waals surface area (Å²) in [5.41, 5.74) is 3.70. The first-order valence-electron chi connectivity index (χ1n) is 6.10. The van der Waals surface area contributed by atoms with Crippen LogP contribution in [0.3, 0.4) is 0 Å². The lowest BCUT2D eigenvalue weighted by atomic mass is 10.1. The summed E-state index contributed by atoms with van der Waals surface area (Å²) >= 11 is 0. The summed E-state index contributed by atoms with van der Waals surface area (Å²) in [6.45, 7) is 1.89. The van der Waals surface area contributed by atoms with E-state index in [1.807, 2.05) is 12.1 Å². The van der Waals surface area contributed by atoms with Crippen molar-refractivity contribution in [1.82, 2.24) is 14.9 Å². The molecule has 1 amide bonds. The van der Waals surface area contributed by atoms with Crippen LogP contribution in [0.4, 0.5) is 5.69 Å². The lowest BCUT2D eigenvalue weighted by Gasteiger charge is -2.06. The number of benzene rings is 1. The minimum atomic E-state index is -0.237. The number of hydrogen-bond acceptors (Lipinski definition) is 4. The van der Waals surface area contributed by atoms with Crippen LogP contribution in [0.5, 0.6) is 0 Å². The van der Waals surface area contributed by atoms with E-state index in [2.05, 4.69) is 33.3 Å². The predicted octanol–water partition coefficient (Wildman–Crippen LogP) is 1.67. The molecule has 0 atom stereocenters. The first kappa shape index (κ1) is 11.8. The highest BCUT2D eigenvalue weighted by Gasteiger charge is 2.16. The van der Waals surface area contributed by atoms with Gasteiger partial charge in [0.05, 0.1) is 6.20 Å². The topological polar surface area (TPSA) is 58.1 Å². The number of nitrogens with one attached hydrogen (secondary N) is 1. The molecular formula is C14H14N4O. The maximum absolute atomic E-state index is 12.0. The first-order chi connectivity index (χ1) is 9.22. The van der Waals surface area contributed by atoms with Gasteiger partial charge < -0.3 is 5.32 Å². The fraction of sp³-hybridized carbons (Fsp3) is 0.214. The Kier molecular flexibility index (Phi) is 2.97. The van der Waals surface area contributed by atoms with Gasteiger partial charge in [0.15, 0.2) is 0 Å². The van der Waals surface area contributed by atoms with Gasteiger partial charge in [0, 0.05) is 31.2 Å². The fourth-order valence-corrected chi connectivity index (χ4v) is 2.25. The largest absolute Gasteiger partial charge is 0.321 e. The normalized spacial score (nSPS) is 14.2. The van der Waals surface area contributed by atoms with E-state index in [4.69, 9.17) is 0 Å². The van der Waals surface area contributed by atoms with E-state index in [0.29, 0.717) is 5.69 Å². The van der Waals surface area contributed by atoms with Gasteiger partial charge in [0.25, 0.3) is 5.91 Å². The van der Waals surface area contributed by atoms with Crippen molar-refractivity contribution >= 4 is 11.6 Å². The molecule has 0 saturated carbocycles. The molecule has 0 bridgehead atoms. The minimum absolute atomic E-state index is 0.237. The van der Waals surface area contributed by atoms with Crippen LogP contribution in [0.25, 0.3) is 0 Å². The quantitative estimate of drug-likeness (QED) is 0.885. The van der Waals surface area contributed by atoms with Gasteiger partial charge in [-0.25, -0.2) is 4.98 Å². The lowest BCUT2D eigenvalue weighted by molar-refractivity contribution is 0.102. The molecule has 2 heterocycles. The molecule has 0 aliphatic carbocycles. The van der Waals surface area contributed by atoms with Gasteiger partial charge in [-0.15, -0.1) is 0 Å². The lowest BCUT2D eigenvalue weighted by Crippen LogP contribution is -2.13. The zero-order valence-electron chi connectivity index (χ0n) is 10.6. The molecule has 0 fully saturated rings. The number of carbonyl (C=O) groups excluding carboxylic acids is 1. The van der Waals surface area contributed by atoms with Crippen molar-refractivity contribution in [3.8, 4) is 0 Å². The number of amides is 1. The maximum Gasteiger partial charge on any atom is 0.275 e. The second kappa shape index (κ2) is 4.78. The Bertz CT molecular complexity index is 612. The predicted molar refractivity (Wildman–Crippen MR) is 71.6 cm³/mol. The number of hydrogen-bond donors (Lipinski definition) is 1. The van der Waals surface area contributed by atoms with Crippen LogP contribution in [0.15, 0.2) is 36.8 Å². The summed E-state index contributed by atoms with van der Waals surface area (Å²) in [7, 11) is 2.08. The highest BCUT2D eigenvalue weighted by Crippen LogP contribution is 2.24. The van der Waals surface area contributed by atoms with Crippen molar-refractivity contribution in [2.75, 3.05) is 12.4 Å². The molecule has 1 aromatic heterocycles. The van der Waals surface area contributed by atoms with Crippen LogP contribution in [0, 0.1) is 0 Å². The van der Waals surface area contributed by atoms with E-state index in [-0.39, 0.29) is 5.91 Å². The molecule has 19 heavy (non-hydrogen) atoms. The number of carbonyl (C=O) groups is 1. The van der Waals surface area contributed by atoms with Gasteiger partial charge >= 0.3 is 0 Å². The molecule has 5 nitrogen and oxygen atoms in total. The molecule has 1 aliphatic rings. The zero-order valence-corrected chi connectivity index (χ0v) is 10.6. The monoisotopic (exact) mass is 254 g/mol. The third-order valence-electron chi connectivity index (χ3n) is 3.14. The molecule has 1 aromatic carbocycles. The van der Waals surface area contributed by atoms with Crippen LogP contribution in [0.1, 0.15) is 21.6 Å². The van der Waals surface area contributed by atoms with Gasteiger partial charge in [-0.2, -0.15) is 0 Å². The summed E-state index contributed by atoms with van der Waals surface area (Å²) in [6, 6.07) is 6.00. The van der Waals surface area contributed by atoms with E-state index in [1.165, 1.54) is 23.5 Å². The van der Waals surface area contributed by atoms with Crippen LogP contribution in [-0.4, -0.2) is 27.8 Å². The van der Waals surface area contributed by atoms with E-state index in [0.717, 1.165) is 18.8 Å². The van der Waals surface area contributed by atoms with Crippen LogP contribution >= 0.6 is 0 Å². The van der Waals surface area contributed by atoms with Gasteiger partial charge in [-0.05, 0) is 30.3 Å². The minimum Gasteiger partial charge on any atom is -0.321 e. The zero-order chi connectivity index (χ0) is 13.2. The third kappa shape index (κ3) is 2.46. The smallest absolute Gasteiger partial charge is 0.275 e. The van der Waals surface area contributed by atoms with Crippen molar-refractivity contribution in [3.05, 3.63) is 53.6 Å². The number of fused-ring (bicyclic) bond motifs is 1. The van der Waals surface area contributed by atoms with E-state index in [1.54, 1.807) is 6.20 Å². The molecule has 1 aliphatic heterocycles. The Morgan fingerprint density at radius 3 is 2.89 bits per heavy atom. The number of aromatic nitrogens is 2. The maximum atomic E-state index is 12.0.